The topological polar surface area (TPSA) is 57.1 Å². The quantitative estimate of drug-likeness (QED) is 0.783. The third-order valence-electron chi connectivity index (χ3n) is 3.85. The summed E-state index contributed by atoms with van der Waals surface area (Å²) in [5.74, 6) is 0. The smallest absolute Gasteiger partial charge is 0.319 e. The van der Waals surface area contributed by atoms with E-state index in [0.717, 1.165) is 38.8 Å². The first-order valence-corrected chi connectivity index (χ1v) is 7.56. The summed E-state index contributed by atoms with van der Waals surface area (Å²) in [6.07, 6.45) is 8.32. The molecule has 2 amide bonds. The molecule has 0 spiro atoms. The molecule has 0 aromatic rings. The van der Waals surface area contributed by atoms with Crippen LogP contribution in [0.2, 0.25) is 0 Å². The van der Waals surface area contributed by atoms with Gasteiger partial charge in [-0.1, -0.05) is 19.3 Å². The van der Waals surface area contributed by atoms with Crippen LogP contribution in [0.1, 0.15) is 58.8 Å². The Kier molecular flexibility index (Phi) is 4.77. The number of hydrogen-bond donors (Lipinski definition) is 1. The molecule has 1 aliphatic carbocycles. The second-order valence-electron chi connectivity index (χ2n) is 6.19. The molecule has 2 rings (SSSR count). The van der Waals surface area contributed by atoms with Crippen LogP contribution in [0.3, 0.4) is 0 Å². The van der Waals surface area contributed by atoms with Crippen molar-refractivity contribution in [3.8, 4) is 0 Å². The van der Waals surface area contributed by atoms with Crippen LogP contribution in [0.15, 0.2) is 10.2 Å². The van der Waals surface area contributed by atoms with Crippen LogP contribution in [-0.4, -0.2) is 35.7 Å². The van der Waals surface area contributed by atoms with Crippen molar-refractivity contribution in [2.45, 2.75) is 70.5 Å². The highest BCUT2D eigenvalue weighted by Gasteiger charge is 2.25. The fraction of sp³-hybridized carbons (Fsp3) is 0.929. The number of carbonyl (C=O) groups is 1. The summed E-state index contributed by atoms with van der Waals surface area (Å²) in [4.78, 5) is 13.9. The molecule has 1 saturated carbocycles. The lowest BCUT2D eigenvalue weighted by atomic mass is 9.96. The number of nitrogens with zero attached hydrogens (tertiary/aromatic N) is 3. The molecule has 2 aliphatic rings. The van der Waals surface area contributed by atoms with Gasteiger partial charge in [-0.2, -0.15) is 10.2 Å². The first kappa shape index (κ1) is 14.3. The zero-order valence-electron chi connectivity index (χ0n) is 12.2. The van der Waals surface area contributed by atoms with E-state index in [4.69, 9.17) is 0 Å². The van der Waals surface area contributed by atoms with Gasteiger partial charge in [-0.05, 0) is 39.5 Å². The zero-order chi connectivity index (χ0) is 13.7. The Hall–Kier alpha value is -1.13. The van der Waals surface area contributed by atoms with Gasteiger partial charge in [0.1, 0.15) is 5.66 Å². The maximum absolute atomic E-state index is 12.0. The minimum Gasteiger partial charge on any atom is -0.325 e. The fourth-order valence-corrected chi connectivity index (χ4v) is 2.71. The highest BCUT2D eigenvalue weighted by molar-refractivity contribution is 5.75. The van der Waals surface area contributed by atoms with Crippen LogP contribution in [-0.2, 0) is 0 Å². The molecular weight excluding hydrogens is 240 g/mol. The van der Waals surface area contributed by atoms with Gasteiger partial charge in [-0.15, -0.1) is 0 Å². The normalized spacial score (nSPS) is 22.1. The van der Waals surface area contributed by atoms with E-state index in [1.54, 1.807) is 0 Å². The summed E-state index contributed by atoms with van der Waals surface area (Å²) in [6, 6.07) is 0.349. The Morgan fingerprint density at radius 3 is 2.37 bits per heavy atom. The molecule has 0 bridgehead atoms. The van der Waals surface area contributed by atoms with Gasteiger partial charge in [0.25, 0.3) is 0 Å². The number of azo groups is 1. The summed E-state index contributed by atoms with van der Waals surface area (Å²) in [7, 11) is 0. The van der Waals surface area contributed by atoms with Crippen LogP contribution in [0.5, 0.6) is 0 Å². The van der Waals surface area contributed by atoms with E-state index in [1.165, 1.54) is 19.3 Å². The number of nitrogens with one attached hydrogen (secondary N) is 1. The SMILES string of the molecule is CC(C)(/N=N/C1CCCCC1)NC(=O)N1CCCC1. The maximum atomic E-state index is 12.0. The van der Waals surface area contributed by atoms with Gasteiger partial charge in [0.15, 0.2) is 0 Å². The monoisotopic (exact) mass is 266 g/mol. The van der Waals surface area contributed by atoms with Crippen molar-refractivity contribution in [3.05, 3.63) is 0 Å². The number of urea groups is 1. The lowest BCUT2D eigenvalue weighted by Gasteiger charge is -2.25. The van der Waals surface area contributed by atoms with Crippen LogP contribution < -0.4 is 5.32 Å². The van der Waals surface area contributed by atoms with E-state index in [2.05, 4.69) is 15.5 Å². The number of rotatable bonds is 3. The average Bonchev–Trinajstić information content (AvgIpc) is 2.91. The van der Waals surface area contributed by atoms with Crippen molar-refractivity contribution in [1.82, 2.24) is 10.2 Å². The van der Waals surface area contributed by atoms with Crippen LogP contribution >= 0.6 is 0 Å². The second kappa shape index (κ2) is 6.35. The predicted molar refractivity (Wildman–Crippen MR) is 75.1 cm³/mol. The fourth-order valence-electron chi connectivity index (χ4n) is 2.71. The zero-order valence-corrected chi connectivity index (χ0v) is 12.2. The lowest BCUT2D eigenvalue weighted by Crippen LogP contribution is -2.48. The summed E-state index contributed by atoms with van der Waals surface area (Å²) in [6.45, 7) is 5.55. The first-order valence-electron chi connectivity index (χ1n) is 7.56. The van der Waals surface area contributed by atoms with Crippen LogP contribution in [0.25, 0.3) is 0 Å². The van der Waals surface area contributed by atoms with Gasteiger partial charge in [0, 0.05) is 13.1 Å². The highest BCUT2D eigenvalue weighted by Crippen LogP contribution is 2.21. The maximum Gasteiger partial charge on any atom is 0.319 e. The van der Waals surface area contributed by atoms with E-state index >= 15 is 0 Å². The van der Waals surface area contributed by atoms with E-state index in [0.29, 0.717) is 6.04 Å². The summed E-state index contributed by atoms with van der Waals surface area (Å²) >= 11 is 0. The van der Waals surface area contributed by atoms with Crippen LogP contribution in [0.4, 0.5) is 4.79 Å². The van der Waals surface area contributed by atoms with Gasteiger partial charge in [0.05, 0.1) is 6.04 Å². The molecule has 0 radical (unpaired) electrons. The van der Waals surface area contributed by atoms with Crippen molar-refractivity contribution in [2.75, 3.05) is 13.1 Å². The van der Waals surface area contributed by atoms with Crippen molar-refractivity contribution >= 4 is 6.03 Å². The van der Waals surface area contributed by atoms with Crippen molar-refractivity contribution < 1.29 is 4.79 Å². The molecule has 0 atom stereocenters. The Labute approximate surface area is 115 Å². The molecule has 0 aromatic heterocycles. The molecule has 1 heterocycles. The van der Waals surface area contributed by atoms with Gasteiger partial charge in [-0.3, -0.25) is 0 Å². The molecule has 1 saturated heterocycles. The largest absolute Gasteiger partial charge is 0.325 e. The third-order valence-corrected chi connectivity index (χ3v) is 3.85. The van der Waals surface area contributed by atoms with E-state index < -0.39 is 5.66 Å². The second-order valence-corrected chi connectivity index (χ2v) is 6.19. The molecular formula is C14H26N4O. The van der Waals surface area contributed by atoms with Gasteiger partial charge >= 0.3 is 6.03 Å². The Balaban J connectivity index is 1.82. The third kappa shape index (κ3) is 4.48. The summed E-state index contributed by atoms with van der Waals surface area (Å²) in [5, 5.41) is 11.7. The van der Waals surface area contributed by atoms with Crippen molar-refractivity contribution in [3.63, 3.8) is 0 Å². The number of amides is 2. The minimum atomic E-state index is -0.600. The van der Waals surface area contributed by atoms with E-state index in [-0.39, 0.29) is 6.03 Å². The van der Waals surface area contributed by atoms with Crippen molar-refractivity contribution in [2.24, 2.45) is 10.2 Å². The lowest BCUT2D eigenvalue weighted by molar-refractivity contribution is 0.196. The predicted octanol–water partition coefficient (Wildman–Crippen LogP) is 3.31. The molecule has 2 fully saturated rings. The molecule has 1 aliphatic heterocycles. The first-order chi connectivity index (χ1) is 9.07. The van der Waals surface area contributed by atoms with E-state index in [1.807, 2.05) is 18.7 Å². The van der Waals surface area contributed by atoms with Gasteiger partial charge < -0.3 is 10.2 Å². The van der Waals surface area contributed by atoms with E-state index in [9.17, 15) is 4.79 Å². The molecule has 19 heavy (non-hydrogen) atoms. The molecule has 0 aromatic carbocycles. The highest BCUT2D eigenvalue weighted by atomic mass is 16.2. The number of carbonyl (C=O) groups excluding carboxylic acids is 1. The molecule has 5 nitrogen and oxygen atoms in total. The molecule has 108 valence electrons. The standard InChI is InChI=1S/C14H26N4O/c1-14(2,15-13(19)18-10-6-7-11-18)17-16-12-8-4-3-5-9-12/h12H,3-11H2,1-2H3,(H,15,19)/b17-16+. The minimum absolute atomic E-state index is 0.00917. The molecule has 1 N–H and O–H groups in total. The Morgan fingerprint density at radius 2 is 1.74 bits per heavy atom. The van der Waals surface area contributed by atoms with Gasteiger partial charge in [-0.25, -0.2) is 4.79 Å². The average molecular weight is 266 g/mol. The summed E-state index contributed by atoms with van der Waals surface area (Å²) in [5.41, 5.74) is -0.600. The van der Waals surface area contributed by atoms with Gasteiger partial charge in [0.2, 0.25) is 0 Å². The van der Waals surface area contributed by atoms with Crippen molar-refractivity contribution in [1.29, 1.82) is 0 Å². The molecule has 0 unspecified atom stereocenters. The molecule has 5 heteroatoms. The number of hydrogen-bond acceptors (Lipinski definition) is 3. The summed E-state index contributed by atoms with van der Waals surface area (Å²) < 4.78 is 0. The number of likely N-dealkylation sites (tertiary alicyclic amines) is 1. The van der Waals surface area contributed by atoms with Crippen LogP contribution in [0, 0.1) is 0 Å². The Bertz CT molecular complexity index is 328. The Morgan fingerprint density at radius 1 is 1.11 bits per heavy atom.